The molecule has 0 aromatic carbocycles. The van der Waals surface area contributed by atoms with Gasteiger partial charge in [-0.2, -0.15) is 4.98 Å². The number of hydrogen-bond donors (Lipinski definition) is 1. The van der Waals surface area contributed by atoms with Crippen molar-refractivity contribution in [2.45, 2.75) is 40.0 Å². The molecule has 0 aliphatic carbocycles. The van der Waals surface area contributed by atoms with Crippen molar-refractivity contribution in [1.82, 2.24) is 9.97 Å². The smallest absolute Gasteiger partial charge is 0.221 e. The van der Waals surface area contributed by atoms with Crippen LogP contribution in [0.5, 0.6) is 5.88 Å². The van der Waals surface area contributed by atoms with Gasteiger partial charge in [0.2, 0.25) is 5.88 Å². The van der Waals surface area contributed by atoms with E-state index in [0.29, 0.717) is 19.1 Å². The number of anilines is 1. The van der Waals surface area contributed by atoms with Gasteiger partial charge in [0.1, 0.15) is 11.6 Å². The number of ether oxygens (including phenoxy) is 2. The molecule has 0 radical (unpaired) electrons. The van der Waals surface area contributed by atoms with Crippen molar-refractivity contribution in [3.05, 3.63) is 11.4 Å². The Morgan fingerprint density at radius 2 is 1.95 bits per heavy atom. The number of methoxy groups -OCH3 is 1. The third-order valence-electron chi connectivity index (χ3n) is 2.71. The molecule has 0 saturated heterocycles. The molecule has 19 heavy (non-hydrogen) atoms. The highest BCUT2D eigenvalue weighted by Crippen LogP contribution is 2.24. The van der Waals surface area contributed by atoms with E-state index in [4.69, 9.17) is 9.47 Å². The van der Waals surface area contributed by atoms with Crippen LogP contribution >= 0.6 is 0 Å². The average Bonchev–Trinajstić information content (AvgIpc) is 2.38. The summed E-state index contributed by atoms with van der Waals surface area (Å²) in [6.07, 6.45) is 0.855. The average molecular weight is 267 g/mol. The number of aromatic nitrogens is 2. The topological polar surface area (TPSA) is 56.3 Å². The van der Waals surface area contributed by atoms with Gasteiger partial charge in [0.05, 0.1) is 12.2 Å². The van der Waals surface area contributed by atoms with Crippen LogP contribution in [0, 0.1) is 6.92 Å². The maximum atomic E-state index is 5.75. The minimum atomic E-state index is 0.277. The summed E-state index contributed by atoms with van der Waals surface area (Å²) in [5.41, 5.74) is 0.962. The molecule has 0 fully saturated rings. The molecule has 0 aliphatic heterocycles. The molecule has 1 aromatic rings. The van der Waals surface area contributed by atoms with Gasteiger partial charge in [-0.25, -0.2) is 4.98 Å². The Morgan fingerprint density at radius 3 is 2.53 bits per heavy atom. The predicted molar refractivity (Wildman–Crippen MR) is 77.0 cm³/mol. The maximum absolute atomic E-state index is 5.75. The summed E-state index contributed by atoms with van der Waals surface area (Å²) in [5.74, 6) is 2.62. The lowest BCUT2D eigenvalue weighted by Crippen LogP contribution is -2.11. The lowest BCUT2D eigenvalue weighted by atomic mass is 10.2. The van der Waals surface area contributed by atoms with E-state index in [9.17, 15) is 0 Å². The Bertz CT molecular complexity index is 395. The van der Waals surface area contributed by atoms with E-state index in [-0.39, 0.29) is 5.92 Å². The van der Waals surface area contributed by atoms with E-state index in [1.54, 1.807) is 7.11 Å². The molecule has 1 N–H and O–H groups in total. The van der Waals surface area contributed by atoms with Gasteiger partial charge in [-0.3, -0.25) is 0 Å². The zero-order valence-corrected chi connectivity index (χ0v) is 12.6. The molecule has 0 saturated carbocycles. The zero-order chi connectivity index (χ0) is 14.3. The maximum Gasteiger partial charge on any atom is 0.221 e. The van der Waals surface area contributed by atoms with Crippen LogP contribution in [0.4, 0.5) is 5.82 Å². The van der Waals surface area contributed by atoms with Crippen LogP contribution in [0.3, 0.4) is 0 Å². The molecule has 1 rings (SSSR count). The second kappa shape index (κ2) is 7.94. The molecular weight excluding hydrogens is 242 g/mol. The van der Waals surface area contributed by atoms with Crippen molar-refractivity contribution in [3.63, 3.8) is 0 Å². The number of nitrogens with one attached hydrogen (secondary N) is 1. The fourth-order valence-electron chi connectivity index (χ4n) is 1.62. The standard InChI is InChI=1S/C14H25N3O2/c1-6-15-13-11(4)14(19-9-7-8-18-5)17-12(16-13)10(2)3/h10H,6-9H2,1-5H3,(H,15,16,17). The summed E-state index contributed by atoms with van der Waals surface area (Å²) in [4.78, 5) is 9.04. The van der Waals surface area contributed by atoms with Crippen LogP contribution in [0.15, 0.2) is 0 Å². The van der Waals surface area contributed by atoms with Crippen LogP contribution < -0.4 is 10.1 Å². The van der Waals surface area contributed by atoms with Gasteiger partial charge in [0.15, 0.2) is 0 Å². The SMILES string of the molecule is CCNc1nc(C(C)C)nc(OCCCOC)c1C. The minimum Gasteiger partial charge on any atom is -0.477 e. The molecule has 0 atom stereocenters. The number of nitrogens with zero attached hydrogens (tertiary/aromatic N) is 2. The third-order valence-corrected chi connectivity index (χ3v) is 2.71. The van der Waals surface area contributed by atoms with Gasteiger partial charge in [0, 0.05) is 32.6 Å². The molecule has 0 amide bonds. The van der Waals surface area contributed by atoms with Gasteiger partial charge in [-0.1, -0.05) is 13.8 Å². The highest BCUT2D eigenvalue weighted by atomic mass is 16.5. The molecule has 0 bridgehead atoms. The first-order valence-corrected chi connectivity index (χ1v) is 6.84. The monoisotopic (exact) mass is 267 g/mol. The molecule has 0 aliphatic rings. The Morgan fingerprint density at radius 1 is 1.21 bits per heavy atom. The molecule has 0 spiro atoms. The van der Waals surface area contributed by atoms with E-state index in [1.807, 2.05) is 6.92 Å². The van der Waals surface area contributed by atoms with E-state index >= 15 is 0 Å². The van der Waals surface area contributed by atoms with Crippen molar-refractivity contribution in [3.8, 4) is 5.88 Å². The van der Waals surface area contributed by atoms with Crippen molar-refractivity contribution in [1.29, 1.82) is 0 Å². The number of hydrogen-bond acceptors (Lipinski definition) is 5. The van der Waals surface area contributed by atoms with E-state index in [1.165, 1.54) is 0 Å². The van der Waals surface area contributed by atoms with Gasteiger partial charge >= 0.3 is 0 Å². The van der Waals surface area contributed by atoms with Crippen LogP contribution in [-0.4, -0.2) is 36.8 Å². The van der Waals surface area contributed by atoms with Gasteiger partial charge in [-0.15, -0.1) is 0 Å². The highest BCUT2D eigenvalue weighted by molar-refractivity contribution is 5.48. The van der Waals surface area contributed by atoms with Crippen molar-refractivity contribution >= 4 is 5.82 Å². The summed E-state index contributed by atoms with van der Waals surface area (Å²) < 4.78 is 10.8. The first kappa shape index (κ1) is 15.7. The fourth-order valence-corrected chi connectivity index (χ4v) is 1.62. The fraction of sp³-hybridized carbons (Fsp3) is 0.714. The van der Waals surface area contributed by atoms with Crippen molar-refractivity contribution in [2.75, 3.05) is 32.2 Å². The Balaban J connectivity index is 2.87. The first-order chi connectivity index (χ1) is 9.10. The lowest BCUT2D eigenvalue weighted by Gasteiger charge is -2.15. The predicted octanol–water partition coefficient (Wildman–Crippen LogP) is 2.76. The zero-order valence-electron chi connectivity index (χ0n) is 12.6. The van der Waals surface area contributed by atoms with Crippen LogP contribution in [0.25, 0.3) is 0 Å². The summed E-state index contributed by atoms with van der Waals surface area (Å²) in [6, 6.07) is 0. The molecular formula is C14H25N3O2. The second-order valence-electron chi connectivity index (χ2n) is 4.74. The molecule has 5 heteroatoms. The summed E-state index contributed by atoms with van der Waals surface area (Å²) >= 11 is 0. The van der Waals surface area contributed by atoms with Gasteiger partial charge < -0.3 is 14.8 Å². The molecule has 0 unspecified atom stereocenters. The summed E-state index contributed by atoms with van der Waals surface area (Å²) in [7, 11) is 1.69. The summed E-state index contributed by atoms with van der Waals surface area (Å²) in [6.45, 7) is 10.3. The Kier molecular flexibility index (Phi) is 6.56. The first-order valence-electron chi connectivity index (χ1n) is 6.84. The lowest BCUT2D eigenvalue weighted by molar-refractivity contribution is 0.170. The van der Waals surface area contributed by atoms with Gasteiger partial charge in [-0.05, 0) is 13.8 Å². The number of rotatable bonds is 8. The van der Waals surface area contributed by atoms with Crippen LogP contribution in [-0.2, 0) is 4.74 Å². The van der Waals surface area contributed by atoms with Crippen LogP contribution in [0.1, 0.15) is 44.5 Å². The second-order valence-corrected chi connectivity index (χ2v) is 4.74. The largest absolute Gasteiger partial charge is 0.477 e. The Hall–Kier alpha value is -1.36. The van der Waals surface area contributed by atoms with Crippen LogP contribution in [0.2, 0.25) is 0 Å². The normalized spacial score (nSPS) is 10.8. The quantitative estimate of drug-likeness (QED) is 0.734. The molecule has 5 nitrogen and oxygen atoms in total. The van der Waals surface area contributed by atoms with Crippen molar-refractivity contribution in [2.24, 2.45) is 0 Å². The third kappa shape index (κ3) is 4.67. The van der Waals surface area contributed by atoms with E-state index in [2.05, 4.69) is 36.1 Å². The highest BCUT2D eigenvalue weighted by Gasteiger charge is 2.13. The molecule has 1 heterocycles. The Labute approximate surface area is 115 Å². The van der Waals surface area contributed by atoms with E-state index in [0.717, 1.165) is 30.2 Å². The van der Waals surface area contributed by atoms with Gasteiger partial charge in [0.25, 0.3) is 0 Å². The molecule has 108 valence electrons. The van der Waals surface area contributed by atoms with E-state index < -0.39 is 0 Å². The van der Waals surface area contributed by atoms with Crippen molar-refractivity contribution < 1.29 is 9.47 Å². The molecule has 1 aromatic heterocycles. The minimum absolute atomic E-state index is 0.277. The summed E-state index contributed by atoms with van der Waals surface area (Å²) in [5, 5.41) is 3.26.